The molecule has 3 heteroatoms. The maximum Gasteiger partial charge on any atom is 0.130 e. The number of fused-ring (bicyclic) bond motifs is 8. The molecule has 0 N–H and O–H groups in total. The van der Waals surface area contributed by atoms with Crippen molar-refractivity contribution in [1.29, 1.82) is 0 Å². The molecule has 0 fully saturated rings. The van der Waals surface area contributed by atoms with Crippen LogP contribution in [0.15, 0.2) is 119 Å². The molecule has 9 rings (SSSR count). The zero-order valence-corrected chi connectivity index (χ0v) is 25.3. The Morgan fingerprint density at radius 1 is 0.881 bits per heavy atom. The van der Waals surface area contributed by atoms with Crippen LogP contribution >= 0.6 is 0 Å². The fourth-order valence-electron chi connectivity index (χ4n) is 8.60. The van der Waals surface area contributed by atoms with Gasteiger partial charge in [-0.2, -0.15) is 0 Å². The van der Waals surface area contributed by atoms with E-state index in [9.17, 15) is 0 Å². The third-order valence-electron chi connectivity index (χ3n) is 10.6. The van der Waals surface area contributed by atoms with Crippen LogP contribution in [0.2, 0.25) is 12.1 Å². The first kappa shape index (κ1) is 24.7. The largest absolute Gasteiger partial charge is 0.460 e. The van der Waals surface area contributed by atoms with E-state index >= 15 is 0 Å². The summed E-state index contributed by atoms with van der Waals surface area (Å²) < 4.78 is 6.66. The Balaban J connectivity index is 1.16. The molecule has 3 atom stereocenters. The monoisotopic (exact) mass is 562 g/mol. The molecule has 0 saturated heterocycles. The molecular weight excluding hydrogens is 527 g/mol. The molecule has 42 heavy (non-hydrogen) atoms. The average molecular weight is 563 g/mol. The molecule has 6 aliphatic rings. The quantitative estimate of drug-likeness (QED) is 0.295. The summed E-state index contributed by atoms with van der Waals surface area (Å²) in [6, 6.07) is 20.6. The van der Waals surface area contributed by atoms with Crippen LogP contribution in [0, 0.1) is 0 Å². The summed E-state index contributed by atoms with van der Waals surface area (Å²) in [6.07, 6.45) is 25.0. The van der Waals surface area contributed by atoms with Gasteiger partial charge < -0.3 is 9.64 Å². The van der Waals surface area contributed by atoms with Crippen molar-refractivity contribution in [2.24, 2.45) is 0 Å². The Morgan fingerprint density at radius 2 is 1.74 bits per heavy atom. The summed E-state index contributed by atoms with van der Waals surface area (Å²) in [4.78, 5) is 2.69. The highest BCUT2D eigenvalue weighted by molar-refractivity contribution is 6.69. The van der Waals surface area contributed by atoms with E-state index < -0.39 is 8.80 Å². The summed E-state index contributed by atoms with van der Waals surface area (Å²) in [6.45, 7) is 2.58. The van der Waals surface area contributed by atoms with Gasteiger partial charge in [0.15, 0.2) is 0 Å². The first-order valence-electron chi connectivity index (χ1n) is 15.9. The number of para-hydroxylation sites is 1. The van der Waals surface area contributed by atoms with E-state index in [0.717, 1.165) is 37.9 Å². The fourth-order valence-corrected chi connectivity index (χ4v) is 11.5. The van der Waals surface area contributed by atoms with Gasteiger partial charge >= 0.3 is 0 Å². The highest BCUT2D eigenvalue weighted by Gasteiger charge is 2.47. The number of rotatable bonds is 3. The third-order valence-corrected chi connectivity index (χ3v) is 13.6. The molecule has 3 aromatic rings. The average Bonchev–Trinajstić information content (AvgIpc) is 3.57. The van der Waals surface area contributed by atoms with Crippen molar-refractivity contribution in [1.82, 2.24) is 0 Å². The molecule has 2 nitrogen and oxygen atoms in total. The number of allylic oxidation sites excluding steroid dienone is 8. The summed E-state index contributed by atoms with van der Waals surface area (Å²) in [5, 5.41) is 4.48. The molecule has 0 aromatic heterocycles. The SMILES string of the molecule is C[Si]1C2=C(C=CC(N(C3=CCCC=C3)c3cc4c(c5ccccc35)C=CCC4)C2)C2=C3Oc4ccccc4C3CCC21. The first-order valence-corrected chi connectivity index (χ1v) is 18.0. The minimum atomic E-state index is -0.694. The van der Waals surface area contributed by atoms with E-state index in [0.29, 0.717) is 17.5 Å². The second-order valence-corrected chi connectivity index (χ2v) is 15.4. The second kappa shape index (κ2) is 9.60. The van der Waals surface area contributed by atoms with Crippen LogP contribution < -0.4 is 9.64 Å². The number of benzene rings is 3. The van der Waals surface area contributed by atoms with Crippen LogP contribution in [0.25, 0.3) is 16.8 Å². The summed E-state index contributed by atoms with van der Waals surface area (Å²) in [7, 11) is -0.694. The number of anilines is 1. The van der Waals surface area contributed by atoms with Crippen molar-refractivity contribution in [2.45, 2.75) is 69.0 Å². The summed E-state index contributed by atoms with van der Waals surface area (Å²) in [5.41, 5.74) is 10.8. The number of ether oxygens (including phenoxy) is 1. The van der Waals surface area contributed by atoms with Crippen molar-refractivity contribution in [2.75, 3.05) is 4.90 Å². The zero-order chi connectivity index (χ0) is 27.8. The Labute approximate surface area is 250 Å². The third kappa shape index (κ3) is 3.62. The fraction of sp³-hybridized carbons (Fsp3) is 0.282. The Bertz CT molecular complexity index is 1830. The number of hydrogen-bond acceptors (Lipinski definition) is 2. The Hall–Kier alpha value is -3.82. The van der Waals surface area contributed by atoms with Crippen molar-refractivity contribution in [3.63, 3.8) is 0 Å². The molecule has 3 unspecified atom stereocenters. The van der Waals surface area contributed by atoms with Crippen LogP contribution in [0.1, 0.15) is 61.1 Å². The minimum Gasteiger partial charge on any atom is -0.460 e. The summed E-state index contributed by atoms with van der Waals surface area (Å²) >= 11 is 0. The van der Waals surface area contributed by atoms with Gasteiger partial charge in [0.05, 0.1) is 14.8 Å². The van der Waals surface area contributed by atoms with E-state index in [4.69, 9.17) is 4.74 Å². The van der Waals surface area contributed by atoms with Gasteiger partial charge in [0, 0.05) is 28.3 Å². The highest BCUT2D eigenvalue weighted by atomic mass is 28.3. The van der Waals surface area contributed by atoms with Gasteiger partial charge in [-0.15, -0.1) is 0 Å². The molecule has 1 radical (unpaired) electrons. The molecule has 0 amide bonds. The van der Waals surface area contributed by atoms with Crippen LogP contribution in [-0.4, -0.2) is 14.8 Å². The second-order valence-electron chi connectivity index (χ2n) is 12.7. The maximum absolute atomic E-state index is 6.66. The molecule has 2 heterocycles. The maximum atomic E-state index is 6.66. The van der Waals surface area contributed by atoms with E-state index in [1.54, 1.807) is 10.8 Å². The van der Waals surface area contributed by atoms with Gasteiger partial charge in [-0.1, -0.05) is 90.7 Å². The predicted octanol–water partition coefficient (Wildman–Crippen LogP) is 9.74. The van der Waals surface area contributed by atoms with Gasteiger partial charge in [0.1, 0.15) is 11.5 Å². The van der Waals surface area contributed by atoms with Crippen LogP contribution in [0.5, 0.6) is 5.75 Å². The number of nitrogens with zero attached hydrogens (tertiary/aromatic N) is 1. The Kier molecular flexibility index (Phi) is 5.66. The molecule has 0 spiro atoms. The minimum absolute atomic E-state index is 0.307. The van der Waals surface area contributed by atoms with Gasteiger partial charge in [0.25, 0.3) is 0 Å². The molecule has 0 bridgehead atoms. The lowest BCUT2D eigenvalue weighted by molar-refractivity contribution is 0.396. The van der Waals surface area contributed by atoms with Crippen molar-refractivity contribution >= 4 is 31.3 Å². The van der Waals surface area contributed by atoms with Gasteiger partial charge in [-0.3, -0.25) is 0 Å². The highest BCUT2D eigenvalue weighted by Crippen LogP contribution is 2.58. The van der Waals surface area contributed by atoms with Crippen molar-refractivity contribution in [3.8, 4) is 5.75 Å². The number of aryl methyl sites for hydroxylation is 1. The van der Waals surface area contributed by atoms with Gasteiger partial charge in [0.2, 0.25) is 0 Å². The lowest BCUT2D eigenvalue weighted by atomic mass is 9.81. The lowest BCUT2D eigenvalue weighted by Gasteiger charge is -2.37. The predicted molar refractivity (Wildman–Crippen MR) is 176 cm³/mol. The summed E-state index contributed by atoms with van der Waals surface area (Å²) in [5.74, 6) is 2.79. The molecule has 4 aliphatic carbocycles. The molecule has 2 aliphatic heterocycles. The lowest BCUT2D eigenvalue weighted by Crippen LogP contribution is -2.36. The van der Waals surface area contributed by atoms with Crippen molar-refractivity contribution < 1.29 is 4.74 Å². The van der Waals surface area contributed by atoms with E-state index in [-0.39, 0.29) is 0 Å². The molecular formula is C39H36NOSi. The molecule has 3 aromatic carbocycles. The standard InChI is InChI=1S/C39H36NOSi/c1-42-36-22-21-32-31-17-9-10-18-35(31)41-39(32)38(36)33-20-19-27(24-37(33)42)40(26-12-3-2-4-13-26)34-23-25-11-5-6-14-28(25)29-15-7-8-16-30(29)34/h3,6-10,12-20,23,27,32,36H,2,4-5,11,21-22,24H2,1H3. The van der Waals surface area contributed by atoms with Crippen LogP contribution in [-0.2, 0) is 6.42 Å². The molecule has 207 valence electrons. The topological polar surface area (TPSA) is 12.5 Å². The van der Waals surface area contributed by atoms with Gasteiger partial charge in [-0.25, -0.2) is 0 Å². The van der Waals surface area contributed by atoms with Gasteiger partial charge in [-0.05, 0) is 96.4 Å². The normalized spacial score (nSPS) is 25.5. The smallest absolute Gasteiger partial charge is 0.130 e. The van der Waals surface area contributed by atoms with Crippen LogP contribution in [0.3, 0.4) is 0 Å². The first-order chi connectivity index (χ1) is 20.8. The van der Waals surface area contributed by atoms with Crippen LogP contribution in [0.4, 0.5) is 5.69 Å². The molecule has 0 saturated carbocycles. The van der Waals surface area contributed by atoms with E-state index in [1.807, 2.05) is 0 Å². The Morgan fingerprint density at radius 3 is 2.64 bits per heavy atom. The van der Waals surface area contributed by atoms with E-state index in [1.165, 1.54) is 63.0 Å². The zero-order valence-electron chi connectivity index (χ0n) is 24.3. The van der Waals surface area contributed by atoms with E-state index in [2.05, 4.69) is 109 Å². The van der Waals surface area contributed by atoms with Crippen molar-refractivity contribution in [3.05, 3.63) is 136 Å². The number of hydrogen-bond donors (Lipinski definition) is 0.